The first kappa shape index (κ1) is 24.9. The fourth-order valence-corrected chi connectivity index (χ4v) is 4.49. The highest BCUT2D eigenvalue weighted by molar-refractivity contribution is 7.19. The second-order valence-electron chi connectivity index (χ2n) is 7.70. The minimum Gasteiger partial charge on any atom is -0.484 e. The molecule has 0 saturated heterocycles. The van der Waals surface area contributed by atoms with E-state index in [0.717, 1.165) is 9.75 Å². The van der Waals surface area contributed by atoms with E-state index in [1.807, 2.05) is 24.3 Å². The van der Waals surface area contributed by atoms with Crippen LogP contribution in [-0.2, 0) is 0 Å². The van der Waals surface area contributed by atoms with Crippen LogP contribution >= 0.6 is 11.3 Å². The highest BCUT2D eigenvalue weighted by Gasteiger charge is 2.29. The van der Waals surface area contributed by atoms with Gasteiger partial charge in [-0.1, -0.05) is 12.2 Å². The summed E-state index contributed by atoms with van der Waals surface area (Å²) in [6, 6.07) is 11.0. The van der Waals surface area contributed by atoms with E-state index in [1.165, 1.54) is 11.3 Å². The topological polar surface area (TPSA) is 101 Å². The zero-order valence-electron chi connectivity index (χ0n) is 19.9. The van der Waals surface area contributed by atoms with Crippen molar-refractivity contribution in [2.75, 3.05) is 13.2 Å². The van der Waals surface area contributed by atoms with Gasteiger partial charge in [0.25, 0.3) is 11.4 Å². The number of furan rings is 2. The molecule has 4 heterocycles. The minimum atomic E-state index is 0.0290. The number of nitrogens with zero attached hydrogens (tertiary/aromatic N) is 4. The van der Waals surface area contributed by atoms with Gasteiger partial charge in [-0.05, 0) is 61.4 Å². The molecule has 0 radical (unpaired) electrons. The molecule has 0 atom stereocenters. The van der Waals surface area contributed by atoms with Crippen molar-refractivity contribution in [3.8, 4) is 44.9 Å². The summed E-state index contributed by atoms with van der Waals surface area (Å²) in [5.74, 6) is 3.44. The maximum Gasteiger partial charge on any atom is 0.264 e. The Morgan fingerprint density at radius 3 is 1.62 bits per heavy atom. The number of hydrogen-bond donors (Lipinski definition) is 0. The Morgan fingerprint density at radius 2 is 1.24 bits per heavy atom. The average Bonchev–Trinajstić information content (AvgIpc) is 3.66. The second-order valence-corrected chi connectivity index (χ2v) is 8.72. The number of allylic oxidation sites excluding steroid dienone is 6. The first-order chi connectivity index (χ1) is 18.0. The van der Waals surface area contributed by atoms with E-state index in [1.54, 1.807) is 50.3 Å². The second kappa shape index (κ2) is 11.0. The van der Waals surface area contributed by atoms with Gasteiger partial charge >= 0.3 is 0 Å². The van der Waals surface area contributed by atoms with Crippen molar-refractivity contribution in [2.24, 2.45) is 0 Å². The molecule has 3 aromatic heterocycles. The number of fused-ring (bicyclic) bond motifs is 1. The highest BCUT2D eigenvalue weighted by Crippen LogP contribution is 2.54. The van der Waals surface area contributed by atoms with Crippen LogP contribution in [0.15, 0.2) is 67.8 Å². The number of thiophene rings is 1. The molecule has 0 spiro atoms. The largest absolute Gasteiger partial charge is 0.484 e. The zero-order chi connectivity index (χ0) is 26.4. The number of nitriles is 2. The Hall–Kier alpha value is -5.22. The third kappa shape index (κ3) is 5.24. The average molecular weight is 507 g/mol. The van der Waals surface area contributed by atoms with Gasteiger partial charge in [0, 0.05) is 0 Å². The number of ether oxygens (including phenoxy) is 2. The van der Waals surface area contributed by atoms with Gasteiger partial charge in [0.15, 0.2) is 11.5 Å². The monoisotopic (exact) mass is 506 g/mol. The van der Waals surface area contributed by atoms with Crippen molar-refractivity contribution >= 4 is 23.5 Å². The van der Waals surface area contributed by atoms with Crippen molar-refractivity contribution in [1.29, 1.82) is 10.5 Å². The normalized spacial score (nSPS) is 13.9. The molecule has 4 rings (SSSR count). The molecule has 180 valence electrons. The fourth-order valence-electron chi connectivity index (χ4n) is 3.38. The highest BCUT2D eigenvalue weighted by atomic mass is 32.1. The van der Waals surface area contributed by atoms with Crippen molar-refractivity contribution < 1.29 is 18.3 Å². The molecule has 9 heteroatoms. The van der Waals surface area contributed by atoms with Crippen LogP contribution in [-0.4, -0.2) is 13.2 Å². The van der Waals surface area contributed by atoms with Crippen LogP contribution < -0.4 is 9.47 Å². The van der Waals surface area contributed by atoms with Gasteiger partial charge in [-0.3, -0.25) is 0 Å². The molecule has 0 N–H and O–H groups in total. The maximum atomic E-state index is 9.01. The molecular weight excluding hydrogens is 488 g/mol. The first-order valence-electron chi connectivity index (χ1n) is 10.9. The molecule has 0 saturated carbocycles. The number of hydrogen-bond acceptors (Lipinski definition) is 7. The summed E-state index contributed by atoms with van der Waals surface area (Å²) in [4.78, 5) is 7.91. The lowest BCUT2D eigenvalue weighted by atomic mass is 10.2. The predicted molar refractivity (Wildman–Crippen MR) is 139 cm³/mol. The zero-order valence-corrected chi connectivity index (χ0v) is 20.7. The molecule has 0 aromatic carbocycles. The van der Waals surface area contributed by atoms with Crippen LogP contribution in [0.2, 0.25) is 0 Å². The van der Waals surface area contributed by atoms with E-state index in [2.05, 4.69) is 9.69 Å². The summed E-state index contributed by atoms with van der Waals surface area (Å²) in [5.41, 5.74) is 1.16. The van der Waals surface area contributed by atoms with Crippen molar-refractivity contribution in [3.63, 3.8) is 0 Å². The van der Waals surface area contributed by atoms with Gasteiger partial charge in [-0.2, -0.15) is 0 Å². The Balaban J connectivity index is 1.65. The summed E-state index contributed by atoms with van der Waals surface area (Å²) < 4.78 is 23.9. The van der Waals surface area contributed by atoms with Crippen LogP contribution in [0.4, 0.5) is 0 Å². The Labute approximate surface area is 217 Å². The summed E-state index contributed by atoms with van der Waals surface area (Å²) in [7, 11) is 0. The molecule has 8 nitrogen and oxygen atoms in total. The standard InChI is InChI=1S/C28H18N4O4S/c1-17(21(15-29)31-3)5-7-19-9-11-23(35-19)27-25-26(34-14-13-33-25)28(37-27)24-12-10-20(36-24)8-6-18(2)22(16-30)32-4/h5-12H,13-14H2,1-2H3/b7-5+,8-6+,21-17-,22-18+. The van der Waals surface area contributed by atoms with Gasteiger partial charge in [0.05, 0.1) is 25.3 Å². The van der Waals surface area contributed by atoms with Gasteiger partial charge in [0.2, 0.25) is 0 Å². The summed E-state index contributed by atoms with van der Waals surface area (Å²) in [6.45, 7) is 18.3. The van der Waals surface area contributed by atoms with Crippen molar-refractivity contribution in [1.82, 2.24) is 0 Å². The number of rotatable bonds is 6. The van der Waals surface area contributed by atoms with Crippen LogP contribution in [0.5, 0.6) is 11.5 Å². The lowest BCUT2D eigenvalue weighted by molar-refractivity contribution is 0.174. The summed E-state index contributed by atoms with van der Waals surface area (Å²) in [5, 5.41) is 18.0. The fraction of sp³-hybridized carbons (Fsp3) is 0.143. The first-order valence-corrected chi connectivity index (χ1v) is 11.8. The Kier molecular flexibility index (Phi) is 7.41. The van der Waals surface area contributed by atoms with E-state index in [4.69, 9.17) is 42.0 Å². The summed E-state index contributed by atoms with van der Waals surface area (Å²) >= 11 is 1.41. The van der Waals surface area contributed by atoms with Crippen molar-refractivity contribution in [2.45, 2.75) is 13.8 Å². The third-order valence-corrected chi connectivity index (χ3v) is 6.46. The van der Waals surface area contributed by atoms with E-state index < -0.39 is 0 Å². The molecule has 0 aliphatic carbocycles. The minimum absolute atomic E-state index is 0.0290. The van der Waals surface area contributed by atoms with E-state index in [0.29, 0.717) is 58.9 Å². The molecule has 0 bridgehead atoms. The molecule has 1 aliphatic rings. The SMILES string of the molecule is [C-]#[N+]/C(C#N)=C(C)\C=C\c1ccc(-c2sc(-c3ccc(/C=C/C(C)=C(\C#N)[N+]#[C-])o3)c3c2OCCO3)o1. The molecule has 1 aliphatic heterocycles. The molecule has 37 heavy (non-hydrogen) atoms. The predicted octanol–water partition coefficient (Wildman–Crippen LogP) is 7.50. The van der Waals surface area contributed by atoms with Gasteiger partial charge in [-0.25, -0.2) is 20.2 Å². The van der Waals surface area contributed by atoms with E-state index >= 15 is 0 Å². The maximum absolute atomic E-state index is 9.01. The Bertz CT molecular complexity index is 1500. The Morgan fingerprint density at radius 1 is 0.811 bits per heavy atom. The quantitative estimate of drug-likeness (QED) is 0.195. The molecular formula is C28H18N4O4S. The van der Waals surface area contributed by atoms with Crippen molar-refractivity contribution in [3.05, 3.63) is 93.3 Å². The third-order valence-electron chi connectivity index (χ3n) is 5.28. The van der Waals surface area contributed by atoms with Crippen LogP contribution in [0, 0.1) is 35.8 Å². The molecule has 0 fully saturated rings. The van der Waals surface area contributed by atoms with Gasteiger partial charge in [0.1, 0.15) is 46.0 Å². The summed E-state index contributed by atoms with van der Waals surface area (Å²) in [6.07, 6.45) is 6.74. The molecule has 3 aromatic rings. The lowest BCUT2D eigenvalue weighted by Gasteiger charge is -2.16. The molecule has 0 unspecified atom stereocenters. The van der Waals surface area contributed by atoms with Gasteiger partial charge in [-0.15, -0.1) is 11.3 Å². The van der Waals surface area contributed by atoms with Gasteiger partial charge < -0.3 is 18.3 Å². The van der Waals surface area contributed by atoms with E-state index in [9.17, 15) is 0 Å². The van der Waals surface area contributed by atoms with Crippen LogP contribution in [0.1, 0.15) is 25.4 Å². The lowest BCUT2D eigenvalue weighted by Crippen LogP contribution is -2.14. The van der Waals surface area contributed by atoms with Crippen LogP contribution in [0.25, 0.3) is 43.1 Å². The van der Waals surface area contributed by atoms with Crippen LogP contribution in [0.3, 0.4) is 0 Å². The van der Waals surface area contributed by atoms with E-state index in [-0.39, 0.29) is 11.4 Å². The smallest absolute Gasteiger partial charge is 0.264 e. The molecule has 0 amide bonds.